The molecular weight excluding hydrogens is 388 g/mol. The molecular formula is C20H32N6O4. The van der Waals surface area contributed by atoms with Gasteiger partial charge in [-0.2, -0.15) is 0 Å². The first-order valence-electron chi connectivity index (χ1n) is 9.95. The van der Waals surface area contributed by atoms with Crippen molar-refractivity contribution in [3.05, 3.63) is 23.8 Å². The molecule has 0 saturated carbocycles. The van der Waals surface area contributed by atoms with Crippen LogP contribution in [-0.4, -0.2) is 54.8 Å². The molecule has 0 spiro atoms. The second kappa shape index (κ2) is 10.0. The van der Waals surface area contributed by atoms with E-state index in [4.69, 9.17) is 9.47 Å². The van der Waals surface area contributed by atoms with E-state index in [1.807, 2.05) is 41.5 Å². The van der Waals surface area contributed by atoms with Crippen LogP contribution in [0.2, 0.25) is 0 Å². The van der Waals surface area contributed by atoms with Crippen LogP contribution in [-0.2, 0) is 45.4 Å². The van der Waals surface area contributed by atoms with Crippen molar-refractivity contribution in [2.45, 2.75) is 67.8 Å². The van der Waals surface area contributed by atoms with Gasteiger partial charge < -0.3 is 9.47 Å². The molecule has 10 heteroatoms. The van der Waals surface area contributed by atoms with E-state index in [0.29, 0.717) is 24.6 Å². The molecule has 0 aliphatic rings. The van der Waals surface area contributed by atoms with Gasteiger partial charge >= 0.3 is 0 Å². The summed E-state index contributed by atoms with van der Waals surface area (Å²) in [4.78, 5) is 24.1. The fourth-order valence-electron chi connectivity index (χ4n) is 2.20. The Labute approximate surface area is 176 Å². The number of hydrogen-bond acceptors (Lipinski definition) is 8. The van der Waals surface area contributed by atoms with Crippen LogP contribution >= 0.6 is 0 Å². The molecule has 2 aromatic heterocycles. The lowest BCUT2D eigenvalue weighted by Crippen LogP contribution is -2.25. The van der Waals surface area contributed by atoms with Gasteiger partial charge in [0.15, 0.2) is 11.6 Å². The van der Waals surface area contributed by atoms with E-state index in [2.05, 4.69) is 20.6 Å². The standard InChI is InChI=1S/C20H32N6O4/c1-19(2,3)17(27)11-25-9-15(21-23-25)13-29-7-8-30-14-16-10-26(24-22-16)12-18(28)20(4,5)6/h9-10H,7-8,11-14H2,1-6H3. The van der Waals surface area contributed by atoms with Crippen LogP contribution < -0.4 is 0 Å². The Balaban J connectivity index is 1.63. The molecule has 166 valence electrons. The van der Waals surface area contributed by atoms with Crippen LogP contribution in [0.3, 0.4) is 0 Å². The number of rotatable bonds is 11. The number of ether oxygens (including phenoxy) is 2. The fraction of sp³-hybridized carbons (Fsp3) is 0.700. The van der Waals surface area contributed by atoms with Crippen LogP contribution in [0.1, 0.15) is 52.9 Å². The van der Waals surface area contributed by atoms with Gasteiger partial charge in [0.05, 0.1) is 38.8 Å². The number of ketones is 2. The van der Waals surface area contributed by atoms with Gasteiger partial charge in [0, 0.05) is 10.8 Å². The smallest absolute Gasteiger partial charge is 0.159 e. The molecule has 0 bridgehead atoms. The van der Waals surface area contributed by atoms with Gasteiger partial charge in [-0.15, -0.1) is 10.2 Å². The third-order valence-electron chi connectivity index (χ3n) is 4.33. The summed E-state index contributed by atoms with van der Waals surface area (Å²) >= 11 is 0. The number of Topliss-reactive ketones (excluding diaryl/α,β-unsaturated/α-hetero) is 2. The minimum Gasteiger partial charge on any atom is -0.373 e. The molecule has 0 amide bonds. The van der Waals surface area contributed by atoms with E-state index in [-0.39, 0.29) is 37.9 Å². The van der Waals surface area contributed by atoms with Crippen molar-refractivity contribution in [1.29, 1.82) is 0 Å². The zero-order valence-electron chi connectivity index (χ0n) is 18.7. The van der Waals surface area contributed by atoms with Crippen LogP contribution in [0.15, 0.2) is 12.4 Å². The first-order valence-corrected chi connectivity index (χ1v) is 9.95. The fourth-order valence-corrected chi connectivity index (χ4v) is 2.20. The Hall–Kier alpha value is -2.46. The van der Waals surface area contributed by atoms with Crippen molar-refractivity contribution in [3.63, 3.8) is 0 Å². The highest BCUT2D eigenvalue weighted by molar-refractivity contribution is 5.83. The van der Waals surface area contributed by atoms with Crippen molar-refractivity contribution in [1.82, 2.24) is 30.0 Å². The second-order valence-electron chi connectivity index (χ2n) is 9.27. The molecule has 30 heavy (non-hydrogen) atoms. The zero-order valence-corrected chi connectivity index (χ0v) is 18.7. The molecule has 0 aliphatic heterocycles. The third-order valence-corrected chi connectivity index (χ3v) is 4.33. The van der Waals surface area contributed by atoms with E-state index in [9.17, 15) is 9.59 Å². The summed E-state index contributed by atoms with van der Waals surface area (Å²) < 4.78 is 14.1. The zero-order chi connectivity index (χ0) is 22.4. The SMILES string of the molecule is CC(C)(C)C(=O)Cn1cc(COCCOCc2cn(CC(=O)C(C)(C)C)nn2)nn1. The van der Waals surface area contributed by atoms with Crippen LogP contribution in [0, 0.1) is 10.8 Å². The molecule has 2 rings (SSSR count). The summed E-state index contributed by atoms with van der Waals surface area (Å²) in [6.45, 7) is 13.0. The monoisotopic (exact) mass is 420 g/mol. The first-order chi connectivity index (χ1) is 13.9. The molecule has 10 nitrogen and oxygen atoms in total. The average Bonchev–Trinajstić information content (AvgIpc) is 3.25. The minimum absolute atomic E-state index is 0.0907. The minimum atomic E-state index is -0.409. The van der Waals surface area contributed by atoms with Crippen molar-refractivity contribution < 1.29 is 19.1 Å². The number of nitrogens with zero attached hydrogens (tertiary/aromatic N) is 6. The van der Waals surface area contributed by atoms with Crippen LogP contribution in [0.25, 0.3) is 0 Å². The van der Waals surface area contributed by atoms with E-state index in [1.165, 1.54) is 9.36 Å². The maximum absolute atomic E-state index is 12.0. The predicted molar refractivity (Wildman–Crippen MR) is 108 cm³/mol. The Morgan fingerprint density at radius 2 is 1.13 bits per heavy atom. The van der Waals surface area contributed by atoms with Crippen molar-refractivity contribution >= 4 is 11.6 Å². The van der Waals surface area contributed by atoms with Gasteiger partial charge in [0.2, 0.25) is 0 Å². The lowest BCUT2D eigenvalue weighted by Gasteiger charge is -2.15. The molecule has 0 aliphatic carbocycles. The summed E-state index contributed by atoms with van der Waals surface area (Å²) in [5.74, 6) is 0.181. The number of hydrogen-bond donors (Lipinski definition) is 0. The van der Waals surface area contributed by atoms with Gasteiger partial charge in [-0.05, 0) is 0 Å². The predicted octanol–water partition coefficient (Wildman–Crippen LogP) is 1.83. The topological polar surface area (TPSA) is 114 Å². The van der Waals surface area contributed by atoms with Crippen molar-refractivity contribution in [2.24, 2.45) is 10.8 Å². The Morgan fingerprint density at radius 1 is 0.767 bits per heavy atom. The summed E-state index contributed by atoms with van der Waals surface area (Å²) in [6, 6.07) is 0. The van der Waals surface area contributed by atoms with Gasteiger partial charge in [-0.25, -0.2) is 9.36 Å². The third kappa shape index (κ3) is 7.75. The van der Waals surface area contributed by atoms with Crippen LogP contribution in [0.4, 0.5) is 0 Å². The molecule has 0 fully saturated rings. The lowest BCUT2D eigenvalue weighted by atomic mass is 9.91. The molecule has 0 saturated heterocycles. The Bertz CT molecular complexity index is 774. The summed E-state index contributed by atoms with van der Waals surface area (Å²) in [5, 5.41) is 15.9. The highest BCUT2D eigenvalue weighted by atomic mass is 16.5. The van der Waals surface area contributed by atoms with E-state index in [1.54, 1.807) is 12.4 Å². The quantitative estimate of drug-likeness (QED) is 0.506. The highest BCUT2D eigenvalue weighted by Crippen LogP contribution is 2.16. The molecule has 2 aromatic rings. The maximum atomic E-state index is 12.0. The van der Waals surface area contributed by atoms with Crippen LogP contribution in [0.5, 0.6) is 0 Å². The summed E-state index contributed by atoms with van der Waals surface area (Å²) in [5.41, 5.74) is 0.493. The highest BCUT2D eigenvalue weighted by Gasteiger charge is 2.22. The molecule has 0 N–H and O–H groups in total. The van der Waals surface area contributed by atoms with Gasteiger partial charge in [0.25, 0.3) is 0 Å². The van der Waals surface area contributed by atoms with Gasteiger partial charge in [-0.3, -0.25) is 9.59 Å². The van der Waals surface area contributed by atoms with Gasteiger partial charge in [-0.1, -0.05) is 52.0 Å². The summed E-state index contributed by atoms with van der Waals surface area (Å²) in [7, 11) is 0. The first kappa shape index (κ1) is 23.8. The maximum Gasteiger partial charge on any atom is 0.159 e. The molecule has 0 radical (unpaired) electrons. The largest absolute Gasteiger partial charge is 0.373 e. The Kier molecular flexibility index (Phi) is 7.96. The number of carbonyl (C=O) groups is 2. The summed E-state index contributed by atoms with van der Waals surface area (Å²) in [6.07, 6.45) is 3.42. The van der Waals surface area contributed by atoms with E-state index >= 15 is 0 Å². The molecule has 0 atom stereocenters. The second-order valence-corrected chi connectivity index (χ2v) is 9.27. The average molecular weight is 421 g/mol. The Morgan fingerprint density at radius 3 is 1.47 bits per heavy atom. The van der Waals surface area contributed by atoms with E-state index in [0.717, 1.165) is 0 Å². The van der Waals surface area contributed by atoms with Crippen molar-refractivity contribution in [2.75, 3.05) is 13.2 Å². The number of aromatic nitrogens is 6. The molecule has 0 unspecified atom stereocenters. The normalized spacial score (nSPS) is 12.3. The lowest BCUT2D eigenvalue weighted by molar-refractivity contribution is -0.127. The molecule has 2 heterocycles. The van der Waals surface area contributed by atoms with Gasteiger partial charge in [0.1, 0.15) is 24.5 Å². The number of carbonyl (C=O) groups excluding carboxylic acids is 2. The van der Waals surface area contributed by atoms with Crippen molar-refractivity contribution in [3.8, 4) is 0 Å². The molecule has 0 aromatic carbocycles. The van der Waals surface area contributed by atoms with E-state index < -0.39 is 10.8 Å².